The highest BCUT2D eigenvalue weighted by Crippen LogP contribution is 2.27. The van der Waals surface area contributed by atoms with E-state index in [4.69, 9.17) is 5.11 Å². The number of nitrogens with zero attached hydrogens (tertiary/aromatic N) is 2. The van der Waals surface area contributed by atoms with Gasteiger partial charge in [-0.2, -0.15) is 0 Å². The highest BCUT2D eigenvalue weighted by Gasteiger charge is 2.43. The molecule has 0 aliphatic carbocycles. The highest BCUT2D eigenvalue weighted by atomic mass is 16.4. The number of carboxylic acid groups (broad SMARTS) is 1. The molecule has 80 valence electrons. The topological polar surface area (TPSA) is 43.8 Å². The number of carboxylic acids is 1. The van der Waals surface area contributed by atoms with Crippen LogP contribution in [0.1, 0.15) is 20.3 Å². The molecule has 0 aromatic heterocycles. The lowest BCUT2D eigenvalue weighted by Gasteiger charge is -2.53. The lowest BCUT2D eigenvalue weighted by atomic mass is 9.95. The number of carbonyl (C=O) groups is 1. The first-order valence-electron chi connectivity index (χ1n) is 5.32. The molecule has 4 heteroatoms. The summed E-state index contributed by atoms with van der Waals surface area (Å²) in [4.78, 5) is 15.3. The average molecular weight is 198 g/mol. The monoisotopic (exact) mass is 198 g/mol. The molecule has 0 spiro atoms. The fourth-order valence-electron chi connectivity index (χ4n) is 2.23. The first kappa shape index (κ1) is 9.93. The van der Waals surface area contributed by atoms with Gasteiger partial charge in [-0.05, 0) is 20.3 Å². The van der Waals surface area contributed by atoms with E-state index in [1.54, 1.807) is 0 Å². The van der Waals surface area contributed by atoms with E-state index in [1.807, 2.05) is 0 Å². The van der Waals surface area contributed by atoms with E-state index in [0.29, 0.717) is 12.1 Å². The molecule has 1 unspecified atom stereocenters. The Morgan fingerprint density at radius 1 is 1.43 bits per heavy atom. The van der Waals surface area contributed by atoms with Gasteiger partial charge in [0.15, 0.2) is 0 Å². The van der Waals surface area contributed by atoms with Crippen LogP contribution in [0.5, 0.6) is 0 Å². The SMILES string of the molecule is CC(C)N1CC(N2CCC2C(=O)O)C1. The summed E-state index contributed by atoms with van der Waals surface area (Å²) in [6, 6.07) is 0.886. The molecule has 14 heavy (non-hydrogen) atoms. The Balaban J connectivity index is 1.80. The fourth-order valence-corrected chi connectivity index (χ4v) is 2.23. The normalized spacial score (nSPS) is 30.1. The lowest BCUT2D eigenvalue weighted by molar-refractivity contribution is -0.154. The van der Waals surface area contributed by atoms with Crippen LogP contribution >= 0.6 is 0 Å². The van der Waals surface area contributed by atoms with Crippen LogP contribution in [-0.2, 0) is 4.79 Å². The van der Waals surface area contributed by atoms with Crippen LogP contribution in [0, 0.1) is 0 Å². The number of likely N-dealkylation sites (tertiary alicyclic amines) is 2. The fraction of sp³-hybridized carbons (Fsp3) is 0.900. The van der Waals surface area contributed by atoms with Gasteiger partial charge in [0.1, 0.15) is 6.04 Å². The van der Waals surface area contributed by atoms with Crippen molar-refractivity contribution in [3.8, 4) is 0 Å². The number of hydrogen-bond donors (Lipinski definition) is 1. The Labute approximate surface area is 84.5 Å². The smallest absolute Gasteiger partial charge is 0.320 e. The summed E-state index contributed by atoms with van der Waals surface area (Å²) in [6.07, 6.45) is 0.827. The zero-order valence-corrected chi connectivity index (χ0v) is 8.81. The van der Waals surface area contributed by atoms with E-state index in [9.17, 15) is 4.79 Å². The molecule has 4 nitrogen and oxygen atoms in total. The standard InChI is InChI=1S/C10H18N2O2/c1-7(2)11-5-8(6-11)12-4-3-9(12)10(13)14/h7-9H,3-6H2,1-2H3,(H,13,14). The minimum Gasteiger partial charge on any atom is -0.480 e. The van der Waals surface area contributed by atoms with E-state index < -0.39 is 5.97 Å². The molecule has 2 heterocycles. The van der Waals surface area contributed by atoms with Gasteiger partial charge in [-0.25, -0.2) is 0 Å². The summed E-state index contributed by atoms with van der Waals surface area (Å²) in [6.45, 7) is 7.42. The molecular weight excluding hydrogens is 180 g/mol. The van der Waals surface area contributed by atoms with Crippen molar-refractivity contribution in [2.24, 2.45) is 0 Å². The molecule has 0 aromatic rings. The van der Waals surface area contributed by atoms with Crippen molar-refractivity contribution in [2.75, 3.05) is 19.6 Å². The molecule has 0 saturated carbocycles. The van der Waals surface area contributed by atoms with Crippen molar-refractivity contribution in [1.82, 2.24) is 9.80 Å². The van der Waals surface area contributed by atoms with Crippen molar-refractivity contribution in [1.29, 1.82) is 0 Å². The molecule has 0 amide bonds. The van der Waals surface area contributed by atoms with Crippen LogP contribution in [0.15, 0.2) is 0 Å². The Kier molecular flexibility index (Phi) is 2.49. The van der Waals surface area contributed by atoms with Gasteiger partial charge in [0.25, 0.3) is 0 Å². The van der Waals surface area contributed by atoms with Crippen LogP contribution in [0.2, 0.25) is 0 Å². The summed E-state index contributed by atoms with van der Waals surface area (Å²) in [7, 11) is 0. The summed E-state index contributed by atoms with van der Waals surface area (Å²) < 4.78 is 0. The second-order valence-electron chi connectivity index (χ2n) is 4.58. The molecular formula is C10H18N2O2. The van der Waals surface area contributed by atoms with Crippen LogP contribution in [-0.4, -0.2) is 58.6 Å². The predicted molar refractivity (Wildman–Crippen MR) is 53.2 cm³/mol. The van der Waals surface area contributed by atoms with Crippen LogP contribution < -0.4 is 0 Å². The molecule has 2 fully saturated rings. The Bertz CT molecular complexity index is 236. The molecule has 0 bridgehead atoms. The molecule has 0 radical (unpaired) electrons. The molecule has 0 aromatic carbocycles. The van der Waals surface area contributed by atoms with E-state index >= 15 is 0 Å². The maximum Gasteiger partial charge on any atom is 0.320 e. The summed E-state index contributed by atoms with van der Waals surface area (Å²) in [5.74, 6) is -0.653. The summed E-state index contributed by atoms with van der Waals surface area (Å²) in [5, 5.41) is 8.89. The minimum absolute atomic E-state index is 0.200. The Morgan fingerprint density at radius 3 is 2.43 bits per heavy atom. The molecule has 2 aliphatic rings. The van der Waals surface area contributed by atoms with Crippen molar-refractivity contribution < 1.29 is 9.90 Å². The molecule has 2 saturated heterocycles. The van der Waals surface area contributed by atoms with E-state index in [-0.39, 0.29) is 6.04 Å². The number of aliphatic carboxylic acids is 1. The first-order chi connectivity index (χ1) is 6.59. The third kappa shape index (κ3) is 1.53. The zero-order valence-electron chi connectivity index (χ0n) is 8.81. The average Bonchev–Trinajstić information content (AvgIpc) is 1.90. The molecule has 2 rings (SSSR count). The van der Waals surface area contributed by atoms with E-state index in [2.05, 4.69) is 23.6 Å². The van der Waals surface area contributed by atoms with Gasteiger partial charge in [-0.1, -0.05) is 0 Å². The van der Waals surface area contributed by atoms with E-state index in [0.717, 1.165) is 26.1 Å². The maximum absolute atomic E-state index is 10.8. The van der Waals surface area contributed by atoms with Crippen molar-refractivity contribution >= 4 is 5.97 Å². The van der Waals surface area contributed by atoms with Crippen LogP contribution in [0.4, 0.5) is 0 Å². The van der Waals surface area contributed by atoms with Gasteiger partial charge in [-0.15, -0.1) is 0 Å². The van der Waals surface area contributed by atoms with Gasteiger partial charge in [-0.3, -0.25) is 14.6 Å². The predicted octanol–water partition coefficient (Wildman–Crippen LogP) is 0.238. The van der Waals surface area contributed by atoms with Gasteiger partial charge in [0, 0.05) is 31.7 Å². The second-order valence-corrected chi connectivity index (χ2v) is 4.58. The van der Waals surface area contributed by atoms with Gasteiger partial charge in [0.2, 0.25) is 0 Å². The quantitative estimate of drug-likeness (QED) is 0.705. The third-order valence-corrected chi connectivity index (χ3v) is 3.44. The minimum atomic E-state index is -0.653. The highest BCUT2D eigenvalue weighted by molar-refractivity contribution is 5.74. The Morgan fingerprint density at radius 2 is 2.07 bits per heavy atom. The third-order valence-electron chi connectivity index (χ3n) is 3.44. The lowest BCUT2D eigenvalue weighted by Crippen LogP contribution is -2.68. The van der Waals surface area contributed by atoms with Crippen molar-refractivity contribution in [3.05, 3.63) is 0 Å². The van der Waals surface area contributed by atoms with Gasteiger partial charge >= 0.3 is 5.97 Å². The summed E-state index contributed by atoms with van der Waals surface area (Å²) in [5.41, 5.74) is 0. The zero-order chi connectivity index (χ0) is 10.3. The van der Waals surface area contributed by atoms with Gasteiger partial charge < -0.3 is 5.11 Å². The largest absolute Gasteiger partial charge is 0.480 e. The Hall–Kier alpha value is -0.610. The number of rotatable bonds is 3. The molecule has 1 N–H and O–H groups in total. The van der Waals surface area contributed by atoms with Crippen LogP contribution in [0.3, 0.4) is 0 Å². The van der Waals surface area contributed by atoms with E-state index in [1.165, 1.54) is 0 Å². The maximum atomic E-state index is 10.8. The van der Waals surface area contributed by atoms with Crippen molar-refractivity contribution in [3.63, 3.8) is 0 Å². The van der Waals surface area contributed by atoms with Gasteiger partial charge in [0.05, 0.1) is 0 Å². The summed E-state index contributed by atoms with van der Waals surface area (Å²) >= 11 is 0. The number of hydrogen-bond acceptors (Lipinski definition) is 3. The molecule has 1 atom stereocenters. The first-order valence-corrected chi connectivity index (χ1v) is 5.32. The van der Waals surface area contributed by atoms with Crippen molar-refractivity contribution in [2.45, 2.75) is 38.4 Å². The second kappa shape index (κ2) is 3.51. The molecule has 2 aliphatic heterocycles. The van der Waals surface area contributed by atoms with Crippen LogP contribution in [0.25, 0.3) is 0 Å².